The Hall–Kier alpha value is -1.76. The highest BCUT2D eigenvalue weighted by molar-refractivity contribution is 7.13. The van der Waals surface area contributed by atoms with E-state index in [4.69, 9.17) is 0 Å². The smallest absolute Gasteiger partial charge is 0.228 e. The van der Waals surface area contributed by atoms with Crippen molar-refractivity contribution in [1.82, 2.24) is 19.7 Å². The third-order valence-electron chi connectivity index (χ3n) is 2.89. The quantitative estimate of drug-likeness (QED) is 0.940. The first-order valence-electron chi connectivity index (χ1n) is 6.46. The average molecular weight is 293 g/mol. The van der Waals surface area contributed by atoms with Gasteiger partial charge in [0.25, 0.3) is 0 Å². The Labute approximate surface area is 122 Å². The third kappa shape index (κ3) is 3.63. The molecule has 0 saturated heterocycles. The van der Waals surface area contributed by atoms with E-state index in [1.807, 2.05) is 12.3 Å². The number of carbonyl (C=O) groups is 1. The first-order chi connectivity index (χ1) is 9.36. The summed E-state index contributed by atoms with van der Waals surface area (Å²) in [6, 6.07) is -0.0282. The number of nitrogens with one attached hydrogen (secondary N) is 1. The van der Waals surface area contributed by atoms with E-state index in [9.17, 15) is 4.79 Å². The van der Waals surface area contributed by atoms with Gasteiger partial charge in [-0.05, 0) is 6.92 Å². The zero-order valence-corrected chi connectivity index (χ0v) is 12.9. The fourth-order valence-electron chi connectivity index (χ4n) is 1.65. The van der Waals surface area contributed by atoms with Crippen LogP contribution in [-0.4, -0.2) is 25.7 Å². The highest BCUT2D eigenvalue weighted by atomic mass is 32.1. The van der Waals surface area contributed by atoms with Crippen molar-refractivity contribution in [3.63, 3.8) is 0 Å². The van der Waals surface area contributed by atoms with E-state index in [-0.39, 0.29) is 17.4 Å². The molecule has 0 aliphatic heterocycles. The molecule has 1 N–H and O–H groups in total. The Morgan fingerprint density at radius 3 is 2.80 bits per heavy atom. The summed E-state index contributed by atoms with van der Waals surface area (Å²) in [5.74, 6) is -0.0668. The van der Waals surface area contributed by atoms with Crippen LogP contribution in [0.1, 0.15) is 45.9 Å². The zero-order valence-electron chi connectivity index (χ0n) is 12.1. The number of hydrogen-bond acceptors (Lipinski definition) is 5. The maximum Gasteiger partial charge on any atom is 0.228 e. The topological polar surface area (TPSA) is 72.7 Å². The minimum atomic E-state index is -0.0668. The second-order valence-corrected chi connectivity index (χ2v) is 6.62. The molecule has 1 atom stereocenters. The van der Waals surface area contributed by atoms with E-state index in [0.717, 1.165) is 5.69 Å². The number of amides is 1. The SMILES string of the molecule is C[C@@H](CC(=O)Nc1nc(C(C)(C)C)cs1)n1cncn1. The van der Waals surface area contributed by atoms with Gasteiger partial charge in [-0.1, -0.05) is 20.8 Å². The Kier molecular flexibility index (Phi) is 4.17. The molecule has 7 heteroatoms. The lowest BCUT2D eigenvalue weighted by atomic mass is 9.93. The second kappa shape index (κ2) is 5.70. The molecule has 0 aliphatic rings. The fraction of sp³-hybridized carbons (Fsp3) is 0.538. The molecule has 1 amide bonds. The Balaban J connectivity index is 1.93. The monoisotopic (exact) mass is 293 g/mol. The predicted octanol–water partition coefficient (Wildman–Crippen LogP) is 2.62. The summed E-state index contributed by atoms with van der Waals surface area (Å²) in [4.78, 5) is 20.3. The van der Waals surface area contributed by atoms with Crippen molar-refractivity contribution >= 4 is 22.4 Å². The van der Waals surface area contributed by atoms with Crippen molar-refractivity contribution in [1.29, 1.82) is 0 Å². The van der Waals surface area contributed by atoms with Gasteiger partial charge < -0.3 is 5.32 Å². The number of rotatable bonds is 4. The normalized spacial score (nSPS) is 13.2. The fourth-order valence-corrected chi connectivity index (χ4v) is 2.61. The molecule has 0 aliphatic carbocycles. The molecule has 6 nitrogen and oxygen atoms in total. The van der Waals surface area contributed by atoms with Gasteiger partial charge in [-0.3, -0.25) is 4.79 Å². The van der Waals surface area contributed by atoms with Crippen LogP contribution in [0.5, 0.6) is 0 Å². The van der Waals surface area contributed by atoms with Crippen LogP contribution in [0.2, 0.25) is 0 Å². The maximum absolute atomic E-state index is 12.0. The van der Waals surface area contributed by atoms with E-state index >= 15 is 0 Å². The summed E-state index contributed by atoms with van der Waals surface area (Å²) in [6.45, 7) is 8.22. The molecular formula is C13H19N5OS. The van der Waals surface area contributed by atoms with Crippen LogP contribution in [-0.2, 0) is 10.2 Å². The molecule has 0 saturated carbocycles. The van der Waals surface area contributed by atoms with Crippen LogP contribution < -0.4 is 5.32 Å². The molecule has 0 spiro atoms. The minimum Gasteiger partial charge on any atom is -0.302 e. The van der Waals surface area contributed by atoms with Crippen molar-refractivity contribution in [3.8, 4) is 0 Å². The Morgan fingerprint density at radius 2 is 2.25 bits per heavy atom. The van der Waals surface area contributed by atoms with Gasteiger partial charge in [0.15, 0.2) is 5.13 Å². The summed E-state index contributed by atoms with van der Waals surface area (Å²) >= 11 is 1.45. The van der Waals surface area contributed by atoms with Gasteiger partial charge in [-0.15, -0.1) is 11.3 Å². The predicted molar refractivity (Wildman–Crippen MR) is 78.8 cm³/mol. The molecule has 0 fully saturated rings. The van der Waals surface area contributed by atoms with E-state index < -0.39 is 0 Å². The van der Waals surface area contributed by atoms with Crippen LogP contribution in [0.4, 0.5) is 5.13 Å². The number of aromatic nitrogens is 4. The largest absolute Gasteiger partial charge is 0.302 e. The molecule has 108 valence electrons. The van der Waals surface area contributed by atoms with Crippen LogP contribution >= 0.6 is 11.3 Å². The van der Waals surface area contributed by atoms with Gasteiger partial charge in [-0.25, -0.2) is 14.6 Å². The number of carbonyl (C=O) groups excluding carboxylic acids is 1. The first kappa shape index (κ1) is 14.6. The second-order valence-electron chi connectivity index (χ2n) is 5.76. The third-order valence-corrected chi connectivity index (χ3v) is 3.65. The molecule has 2 aromatic heterocycles. The molecule has 0 bridgehead atoms. The van der Waals surface area contributed by atoms with Gasteiger partial charge in [0, 0.05) is 17.2 Å². The first-order valence-corrected chi connectivity index (χ1v) is 7.34. The number of hydrogen-bond donors (Lipinski definition) is 1. The van der Waals surface area contributed by atoms with Gasteiger partial charge in [-0.2, -0.15) is 5.10 Å². The highest BCUT2D eigenvalue weighted by Crippen LogP contribution is 2.26. The lowest BCUT2D eigenvalue weighted by Gasteiger charge is -2.14. The summed E-state index contributed by atoms with van der Waals surface area (Å²) in [7, 11) is 0. The molecule has 2 heterocycles. The summed E-state index contributed by atoms with van der Waals surface area (Å²) in [5.41, 5.74) is 0.982. The molecule has 0 aromatic carbocycles. The number of nitrogens with zero attached hydrogens (tertiary/aromatic N) is 4. The van der Waals surface area contributed by atoms with Crippen LogP contribution in [0.15, 0.2) is 18.0 Å². The molecular weight excluding hydrogens is 274 g/mol. The average Bonchev–Trinajstić information content (AvgIpc) is 2.97. The van der Waals surface area contributed by atoms with Crippen LogP contribution in [0.25, 0.3) is 0 Å². The molecule has 2 aromatic rings. The highest BCUT2D eigenvalue weighted by Gasteiger charge is 2.18. The van der Waals surface area contributed by atoms with E-state index in [2.05, 4.69) is 41.2 Å². The van der Waals surface area contributed by atoms with E-state index in [0.29, 0.717) is 11.6 Å². The maximum atomic E-state index is 12.0. The summed E-state index contributed by atoms with van der Waals surface area (Å²) < 4.78 is 1.67. The van der Waals surface area contributed by atoms with Crippen molar-refractivity contribution in [2.24, 2.45) is 0 Å². The Bertz CT molecular complexity index is 570. The van der Waals surface area contributed by atoms with E-state index in [1.54, 1.807) is 11.0 Å². The Morgan fingerprint density at radius 1 is 1.50 bits per heavy atom. The van der Waals surface area contributed by atoms with Crippen LogP contribution in [0, 0.1) is 0 Å². The van der Waals surface area contributed by atoms with Gasteiger partial charge in [0.05, 0.1) is 11.7 Å². The summed E-state index contributed by atoms with van der Waals surface area (Å²) in [5, 5.41) is 9.49. The minimum absolute atomic E-state index is 0.00645. The van der Waals surface area contributed by atoms with Crippen molar-refractivity contribution in [3.05, 3.63) is 23.7 Å². The molecule has 0 radical (unpaired) electrons. The van der Waals surface area contributed by atoms with Gasteiger partial charge in [0.1, 0.15) is 12.7 Å². The number of anilines is 1. The van der Waals surface area contributed by atoms with Crippen molar-refractivity contribution in [2.75, 3.05) is 5.32 Å². The van der Waals surface area contributed by atoms with Crippen LogP contribution in [0.3, 0.4) is 0 Å². The van der Waals surface area contributed by atoms with Crippen molar-refractivity contribution in [2.45, 2.75) is 45.6 Å². The van der Waals surface area contributed by atoms with Gasteiger partial charge in [0.2, 0.25) is 5.91 Å². The zero-order chi connectivity index (χ0) is 14.8. The van der Waals surface area contributed by atoms with Crippen molar-refractivity contribution < 1.29 is 4.79 Å². The molecule has 2 rings (SSSR count). The van der Waals surface area contributed by atoms with Gasteiger partial charge >= 0.3 is 0 Å². The summed E-state index contributed by atoms with van der Waals surface area (Å²) in [6.07, 6.45) is 3.41. The molecule has 0 unspecified atom stereocenters. The lowest BCUT2D eigenvalue weighted by molar-refractivity contribution is -0.116. The lowest BCUT2D eigenvalue weighted by Crippen LogP contribution is -2.18. The standard InChI is InChI=1S/C13H19N5OS/c1-9(18-8-14-7-15-18)5-11(19)17-12-16-10(6-20-12)13(2,3)4/h6-9H,5H2,1-4H3,(H,16,17,19)/t9-/m0/s1. The molecule has 20 heavy (non-hydrogen) atoms. The number of thiazole rings is 1. The van der Waals surface area contributed by atoms with E-state index in [1.165, 1.54) is 17.7 Å².